The molecule has 0 unspecified atom stereocenters. The summed E-state index contributed by atoms with van der Waals surface area (Å²) in [6.45, 7) is 3.87. The minimum absolute atomic E-state index is 0.254. The Morgan fingerprint density at radius 1 is 1.12 bits per heavy atom. The van der Waals surface area contributed by atoms with E-state index in [0.29, 0.717) is 0 Å². The first kappa shape index (κ1) is 13.2. The monoisotopic (exact) mass is 236 g/mol. The van der Waals surface area contributed by atoms with Crippen molar-refractivity contribution in [3.8, 4) is 0 Å². The van der Waals surface area contributed by atoms with E-state index in [1.807, 2.05) is 32.0 Å². The number of aryl methyl sites for hydroxylation is 2. The summed E-state index contributed by atoms with van der Waals surface area (Å²) >= 11 is 0. The third-order valence-corrected chi connectivity index (χ3v) is 2.53. The van der Waals surface area contributed by atoms with Crippen molar-refractivity contribution in [1.82, 2.24) is 0 Å². The number of carboxylic acid groups (broad SMARTS) is 2. The van der Waals surface area contributed by atoms with E-state index in [2.05, 4.69) is 0 Å². The number of carbonyl (C=O) groups is 2. The van der Waals surface area contributed by atoms with Crippen LogP contribution in [0.15, 0.2) is 18.2 Å². The molecule has 0 saturated heterocycles. The summed E-state index contributed by atoms with van der Waals surface area (Å²) in [5.41, 5.74) is 2.98. The number of aliphatic carboxylic acids is 2. The van der Waals surface area contributed by atoms with Gasteiger partial charge in [-0.05, 0) is 25.8 Å². The maximum atomic E-state index is 10.9. The van der Waals surface area contributed by atoms with Crippen LogP contribution in [0.5, 0.6) is 0 Å². The molecule has 0 aliphatic heterocycles. The topological polar surface area (TPSA) is 74.6 Å². The minimum atomic E-state index is -1.08. The van der Waals surface area contributed by atoms with Crippen LogP contribution in [0.1, 0.15) is 23.1 Å². The van der Waals surface area contributed by atoms with Crippen LogP contribution in [0.25, 0.3) is 0 Å². The van der Waals surface area contributed by atoms with E-state index in [1.165, 1.54) is 0 Å². The Kier molecular flexibility index (Phi) is 4.26. The molecule has 1 aromatic rings. The number of hydrogen-bond donors (Lipinski definition) is 2. The molecule has 0 aliphatic carbocycles. The summed E-state index contributed by atoms with van der Waals surface area (Å²) in [5.74, 6) is -3.01. The number of benzene rings is 1. The van der Waals surface area contributed by atoms with Gasteiger partial charge in [0.2, 0.25) is 0 Å². The second-order valence-electron chi connectivity index (χ2n) is 4.33. The highest BCUT2D eigenvalue weighted by atomic mass is 16.4. The van der Waals surface area contributed by atoms with Crippen LogP contribution in [-0.2, 0) is 16.0 Å². The molecule has 0 radical (unpaired) electrons. The van der Waals surface area contributed by atoms with E-state index < -0.39 is 17.9 Å². The van der Waals surface area contributed by atoms with Crippen LogP contribution < -0.4 is 0 Å². The first-order chi connectivity index (χ1) is 7.88. The van der Waals surface area contributed by atoms with Gasteiger partial charge >= 0.3 is 11.9 Å². The lowest BCUT2D eigenvalue weighted by molar-refractivity contribution is -0.148. The molecule has 4 nitrogen and oxygen atoms in total. The fourth-order valence-corrected chi connectivity index (χ4v) is 1.93. The van der Waals surface area contributed by atoms with Gasteiger partial charge in [0.25, 0.3) is 0 Å². The lowest BCUT2D eigenvalue weighted by atomic mass is 9.94. The molecular formula is C13H16O4. The quantitative estimate of drug-likeness (QED) is 0.820. The summed E-state index contributed by atoms with van der Waals surface area (Å²) in [4.78, 5) is 21.5. The molecule has 1 atom stereocenters. The van der Waals surface area contributed by atoms with Crippen molar-refractivity contribution in [3.63, 3.8) is 0 Å². The van der Waals surface area contributed by atoms with Crippen molar-refractivity contribution in [2.75, 3.05) is 0 Å². The van der Waals surface area contributed by atoms with Crippen LogP contribution >= 0.6 is 0 Å². The van der Waals surface area contributed by atoms with Gasteiger partial charge < -0.3 is 10.2 Å². The Bertz CT molecular complexity index is 417. The van der Waals surface area contributed by atoms with Gasteiger partial charge in [0.05, 0.1) is 12.3 Å². The predicted molar refractivity (Wildman–Crippen MR) is 63.0 cm³/mol. The molecule has 0 aliphatic rings. The van der Waals surface area contributed by atoms with Crippen molar-refractivity contribution >= 4 is 11.9 Å². The molecule has 0 spiro atoms. The molecule has 92 valence electrons. The van der Waals surface area contributed by atoms with Crippen molar-refractivity contribution in [1.29, 1.82) is 0 Å². The molecule has 0 heterocycles. The average Bonchev–Trinajstić information content (AvgIpc) is 2.13. The highest BCUT2D eigenvalue weighted by Gasteiger charge is 2.21. The third-order valence-electron chi connectivity index (χ3n) is 2.53. The third kappa shape index (κ3) is 4.26. The molecule has 17 heavy (non-hydrogen) atoms. The van der Waals surface area contributed by atoms with Crippen molar-refractivity contribution in [3.05, 3.63) is 34.9 Å². The smallest absolute Gasteiger partial charge is 0.307 e. The van der Waals surface area contributed by atoms with E-state index in [1.54, 1.807) is 0 Å². The lowest BCUT2D eigenvalue weighted by Gasteiger charge is -2.11. The van der Waals surface area contributed by atoms with Gasteiger partial charge in [-0.15, -0.1) is 0 Å². The zero-order valence-electron chi connectivity index (χ0n) is 9.93. The second kappa shape index (κ2) is 5.48. The van der Waals surface area contributed by atoms with Gasteiger partial charge in [0.1, 0.15) is 0 Å². The van der Waals surface area contributed by atoms with Gasteiger partial charge in [-0.2, -0.15) is 0 Å². The molecule has 0 aromatic heterocycles. The van der Waals surface area contributed by atoms with Crippen LogP contribution in [0.4, 0.5) is 0 Å². The Morgan fingerprint density at radius 2 is 1.65 bits per heavy atom. The molecule has 1 aromatic carbocycles. The number of hydrogen-bond acceptors (Lipinski definition) is 2. The Balaban J connectivity index is 2.85. The summed E-state index contributed by atoms with van der Waals surface area (Å²) in [5, 5.41) is 17.6. The first-order valence-corrected chi connectivity index (χ1v) is 5.40. The van der Waals surface area contributed by atoms with Gasteiger partial charge in [-0.1, -0.05) is 29.3 Å². The van der Waals surface area contributed by atoms with Crippen LogP contribution in [0.3, 0.4) is 0 Å². The van der Waals surface area contributed by atoms with Gasteiger partial charge in [-0.3, -0.25) is 9.59 Å². The van der Waals surface area contributed by atoms with E-state index in [9.17, 15) is 9.59 Å². The summed E-state index contributed by atoms with van der Waals surface area (Å²) in [6, 6.07) is 5.78. The molecule has 0 amide bonds. The second-order valence-corrected chi connectivity index (χ2v) is 4.33. The highest BCUT2D eigenvalue weighted by molar-refractivity contribution is 5.78. The largest absolute Gasteiger partial charge is 0.481 e. The van der Waals surface area contributed by atoms with E-state index in [0.717, 1.165) is 16.7 Å². The van der Waals surface area contributed by atoms with Crippen LogP contribution in [0, 0.1) is 19.8 Å². The van der Waals surface area contributed by atoms with E-state index in [4.69, 9.17) is 10.2 Å². The SMILES string of the molecule is Cc1cc(C)cc(C[C@H](CC(=O)O)C(=O)O)c1. The Morgan fingerprint density at radius 3 is 2.06 bits per heavy atom. The maximum Gasteiger partial charge on any atom is 0.307 e. The highest BCUT2D eigenvalue weighted by Crippen LogP contribution is 2.16. The zero-order valence-corrected chi connectivity index (χ0v) is 9.93. The maximum absolute atomic E-state index is 10.9. The summed E-state index contributed by atoms with van der Waals surface area (Å²) < 4.78 is 0. The van der Waals surface area contributed by atoms with Crippen molar-refractivity contribution in [2.45, 2.75) is 26.7 Å². The van der Waals surface area contributed by atoms with E-state index >= 15 is 0 Å². The molecule has 0 bridgehead atoms. The minimum Gasteiger partial charge on any atom is -0.481 e. The lowest BCUT2D eigenvalue weighted by Crippen LogP contribution is -2.20. The Hall–Kier alpha value is -1.84. The normalized spacial score (nSPS) is 12.1. The molecular weight excluding hydrogens is 220 g/mol. The fraction of sp³-hybridized carbons (Fsp3) is 0.385. The standard InChI is InChI=1S/C13H16O4/c1-8-3-9(2)5-10(4-8)6-11(13(16)17)7-12(14)15/h3-5,11H,6-7H2,1-2H3,(H,14,15)(H,16,17)/t11-/m1/s1. The molecule has 4 heteroatoms. The van der Waals surface area contributed by atoms with Crippen LogP contribution in [-0.4, -0.2) is 22.2 Å². The Labute approximate surface area is 99.9 Å². The van der Waals surface area contributed by atoms with Crippen molar-refractivity contribution < 1.29 is 19.8 Å². The predicted octanol–water partition coefficient (Wildman–Crippen LogP) is 2.02. The summed E-state index contributed by atoms with van der Waals surface area (Å²) in [6.07, 6.45) is -0.0908. The first-order valence-electron chi connectivity index (χ1n) is 5.40. The molecule has 1 rings (SSSR count). The van der Waals surface area contributed by atoms with Crippen LogP contribution in [0.2, 0.25) is 0 Å². The van der Waals surface area contributed by atoms with Crippen molar-refractivity contribution in [2.24, 2.45) is 5.92 Å². The fourth-order valence-electron chi connectivity index (χ4n) is 1.93. The van der Waals surface area contributed by atoms with Gasteiger partial charge in [0.15, 0.2) is 0 Å². The van der Waals surface area contributed by atoms with Gasteiger partial charge in [0, 0.05) is 0 Å². The number of carboxylic acids is 2. The zero-order chi connectivity index (χ0) is 13.0. The number of rotatable bonds is 5. The molecule has 0 fully saturated rings. The van der Waals surface area contributed by atoms with Gasteiger partial charge in [-0.25, -0.2) is 0 Å². The molecule has 0 saturated carbocycles. The average molecular weight is 236 g/mol. The summed E-state index contributed by atoms with van der Waals surface area (Å²) in [7, 11) is 0. The van der Waals surface area contributed by atoms with E-state index in [-0.39, 0.29) is 12.8 Å². The molecule has 2 N–H and O–H groups in total.